The Hall–Kier alpha value is -2.20. The van der Waals surface area contributed by atoms with Gasteiger partial charge in [0.2, 0.25) is 15.9 Å². The fraction of sp³-hybridized carbons (Fsp3) is 0.263. The quantitative estimate of drug-likeness (QED) is 0.521. The van der Waals surface area contributed by atoms with E-state index in [-0.39, 0.29) is 22.3 Å². The van der Waals surface area contributed by atoms with Gasteiger partial charge in [-0.2, -0.15) is 4.31 Å². The second-order valence-corrected chi connectivity index (χ2v) is 9.69. The lowest BCUT2D eigenvalue weighted by atomic mass is 10.2. The number of nitrogens with zero attached hydrogens (tertiary/aromatic N) is 2. The van der Waals surface area contributed by atoms with Crippen molar-refractivity contribution in [1.29, 1.82) is 0 Å². The Balaban J connectivity index is 1.45. The summed E-state index contributed by atoms with van der Waals surface area (Å²) < 4.78 is 37.8. The Morgan fingerprint density at radius 1 is 1.21 bits per heavy atom. The lowest BCUT2D eigenvalue weighted by molar-refractivity contribution is 0.0440. The standard InChI is InChI=1S/C19H17ClN2O5S2/c20-14-5-3-13(4-6-14)15-11-21-17(27-15)12-26-19(23)18-16(7-10-28-18)29(24,25)22-8-1-2-9-22/h3-7,10-11H,1-2,8-9,12H2. The lowest BCUT2D eigenvalue weighted by Crippen LogP contribution is -2.28. The van der Waals surface area contributed by atoms with E-state index < -0.39 is 16.0 Å². The molecule has 29 heavy (non-hydrogen) atoms. The van der Waals surface area contributed by atoms with E-state index in [1.54, 1.807) is 29.6 Å². The van der Waals surface area contributed by atoms with Crippen LogP contribution >= 0.6 is 22.9 Å². The molecule has 1 aliphatic rings. The summed E-state index contributed by atoms with van der Waals surface area (Å²) in [5.41, 5.74) is 0.789. The number of carbonyl (C=O) groups is 1. The number of hydrogen-bond donors (Lipinski definition) is 0. The smallest absolute Gasteiger partial charge is 0.350 e. The molecule has 0 aliphatic carbocycles. The number of esters is 1. The third-order valence-corrected chi connectivity index (χ3v) is 7.72. The largest absolute Gasteiger partial charge is 0.451 e. The molecule has 2 aromatic heterocycles. The Morgan fingerprint density at radius 3 is 2.66 bits per heavy atom. The molecule has 0 atom stereocenters. The van der Waals surface area contributed by atoms with Crippen molar-refractivity contribution in [2.45, 2.75) is 24.3 Å². The molecule has 0 saturated carbocycles. The van der Waals surface area contributed by atoms with E-state index in [1.807, 2.05) is 0 Å². The first-order valence-electron chi connectivity index (χ1n) is 8.90. The van der Waals surface area contributed by atoms with Crippen LogP contribution in [-0.4, -0.2) is 36.8 Å². The first kappa shape index (κ1) is 20.1. The van der Waals surface area contributed by atoms with Crippen molar-refractivity contribution >= 4 is 38.9 Å². The van der Waals surface area contributed by atoms with Crippen LogP contribution in [0, 0.1) is 0 Å². The third-order valence-electron chi connectivity index (χ3n) is 4.51. The summed E-state index contributed by atoms with van der Waals surface area (Å²) in [6.45, 7) is 0.737. The second-order valence-electron chi connectivity index (χ2n) is 6.43. The molecule has 10 heteroatoms. The van der Waals surface area contributed by atoms with Crippen LogP contribution < -0.4 is 0 Å². The van der Waals surface area contributed by atoms with E-state index >= 15 is 0 Å². The first-order chi connectivity index (χ1) is 13.9. The molecule has 1 aliphatic heterocycles. The van der Waals surface area contributed by atoms with Gasteiger partial charge < -0.3 is 9.15 Å². The van der Waals surface area contributed by atoms with Crippen LogP contribution in [-0.2, 0) is 21.4 Å². The molecule has 3 heterocycles. The maximum Gasteiger partial charge on any atom is 0.350 e. The van der Waals surface area contributed by atoms with E-state index in [1.165, 1.54) is 16.6 Å². The maximum absolute atomic E-state index is 12.8. The SMILES string of the molecule is O=C(OCc1ncc(-c2ccc(Cl)cc2)o1)c1sccc1S(=O)(=O)N1CCCC1. The van der Waals surface area contributed by atoms with Gasteiger partial charge in [0.25, 0.3) is 0 Å². The van der Waals surface area contributed by atoms with Gasteiger partial charge in [0.1, 0.15) is 9.77 Å². The highest BCUT2D eigenvalue weighted by Crippen LogP contribution is 2.29. The number of benzene rings is 1. The molecule has 0 unspecified atom stereocenters. The normalized spacial score (nSPS) is 14.9. The van der Waals surface area contributed by atoms with E-state index in [4.69, 9.17) is 20.8 Å². The van der Waals surface area contributed by atoms with Gasteiger partial charge >= 0.3 is 5.97 Å². The molecule has 3 aromatic rings. The molecule has 0 spiro atoms. The lowest BCUT2D eigenvalue weighted by Gasteiger charge is -2.15. The monoisotopic (exact) mass is 452 g/mol. The highest BCUT2D eigenvalue weighted by atomic mass is 35.5. The molecule has 152 valence electrons. The zero-order chi connectivity index (χ0) is 20.4. The van der Waals surface area contributed by atoms with E-state index in [0.29, 0.717) is 23.9 Å². The average molecular weight is 453 g/mol. The highest BCUT2D eigenvalue weighted by molar-refractivity contribution is 7.89. The molecule has 0 N–H and O–H groups in total. The molecule has 0 radical (unpaired) electrons. The molecule has 0 bridgehead atoms. The summed E-state index contributed by atoms with van der Waals surface area (Å²) in [6, 6.07) is 8.49. The molecule has 1 aromatic carbocycles. The minimum Gasteiger partial charge on any atom is -0.451 e. The zero-order valence-electron chi connectivity index (χ0n) is 15.2. The van der Waals surface area contributed by atoms with E-state index in [0.717, 1.165) is 29.7 Å². The average Bonchev–Trinajstić information content (AvgIpc) is 3.48. The van der Waals surface area contributed by atoms with Crippen molar-refractivity contribution in [3.05, 3.63) is 57.7 Å². The van der Waals surface area contributed by atoms with Crippen LogP contribution in [0.15, 0.2) is 51.2 Å². The van der Waals surface area contributed by atoms with Gasteiger partial charge in [0.15, 0.2) is 12.4 Å². The predicted octanol–water partition coefficient (Wildman–Crippen LogP) is 4.20. The molecule has 7 nitrogen and oxygen atoms in total. The van der Waals surface area contributed by atoms with Crippen LogP contribution in [0.25, 0.3) is 11.3 Å². The number of sulfonamides is 1. The van der Waals surface area contributed by atoms with E-state index in [9.17, 15) is 13.2 Å². The van der Waals surface area contributed by atoms with Crippen molar-refractivity contribution in [1.82, 2.24) is 9.29 Å². The van der Waals surface area contributed by atoms with Crippen LogP contribution in [0.3, 0.4) is 0 Å². The van der Waals surface area contributed by atoms with Crippen LogP contribution in [0.4, 0.5) is 0 Å². The third kappa shape index (κ3) is 4.23. The topological polar surface area (TPSA) is 89.7 Å². The summed E-state index contributed by atoms with van der Waals surface area (Å²) in [5, 5.41) is 2.18. The van der Waals surface area contributed by atoms with Gasteiger partial charge in [-0.25, -0.2) is 18.2 Å². The number of ether oxygens (including phenoxy) is 1. The van der Waals surface area contributed by atoms with Gasteiger partial charge in [0, 0.05) is 23.7 Å². The maximum atomic E-state index is 12.8. The minimum atomic E-state index is -3.70. The summed E-state index contributed by atoms with van der Waals surface area (Å²) in [4.78, 5) is 16.6. The Labute approximate surface area is 176 Å². The van der Waals surface area contributed by atoms with Crippen LogP contribution in [0.1, 0.15) is 28.4 Å². The van der Waals surface area contributed by atoms with Crippen molar-refractivity contribution in [3.8, 4) is 11.3 Å². The van der Waals surface area contributed by atoms with Crippen molar-refractivity contribution in [2.75, 3.05) is 13.1 Å². The highest BCUT2D eigenvalue weighted by Gasteiger charge is 2.32. The fourth-order valence-corrected chi connectivity index (χ4v) is 5.96. The second kappa shape index (κ2) is 8.27. The van der Waals surface area contributed by atoms with Crippen molar-refractivity contribution < 1.29 is 22.4 Å². The minimum absolute atomic E-state index is 0.0105. The van der Waals surface area contributed by atoms with Crippen molar-refractivity contribution in [3.63, 3.8) is 0 Å². The summed E-state index contributed by atoms with van der Waals surface area (Å²) in [5.74, 6) is 0.00830. The Kier molecular flexibility index (Phi) is 5.73. The predicted molar refractivity (Wildman–Crippen MR) is 108 cm³/mol. The van der Waals surface area contributed by atoms with Gasteiger partial charge in [0.05, 0.1) is 6.20 Å². The zero-order valence-corrected chi connectivity index (χ0v) is 17.6. The molecule has 0 amide bonds. The number of halogens is 1. The molecule has 1 fully saturated rings. The van der Waals surface area contributed by atoms with E-state index in [2.05, 4.69) is 4.98 Å². The van der Waals surface area contributed by atoms with Crippen LogP contribution in [0.2, 0.25) is 5.02 Å². The summed E-state index contributed by atoms with van der Waals surface area (Å²) in [6.07, 6.45) is 3.17. The van der Waals surface area contributed by atoms with Gasteiger partial charge in [-0.1, -0.05) is 11.6 Å². The van der Waals surface area contributed by atoms with Crippen molar-refractivity contribution in [2.24, 2.45) is 0 Å². The Morgan fingerprint density at radius 2 is 1.93 bits per heavy atom. The number of oxazole rings is 1. The number of aromatic nitrogens is 1. The molecule has 1 saturated heterocycles. The molecule has 4 rings (SSSR count). The first-order valence-corrected chi connectivity index (χ1v) is 11.6. The van der Waals surface area contributed by atoms with Gasteiger partial charge in [-0.3, -0.25) is 0 Å². The summed E-state index contributed by atoms with van der Waals surface area (Å²) >= 11 is 6.91. The summed E-state index contributed by atoms with van der Waals surface area (Å²) in [7, 11) is -3.70. The molecular formula is C19H17ClN2O5S2. The number of rotatable bonds is 6. The number of hydrogen-bond acceptors (Lipinski definition) is 7. The molecular weight excluding hydrogens is 436 g/mol. The van der Waals surface area contributed by atoms with Crippen LogP contribution in [0.5, 0.6) is 0 Å². The fourth-order valence-electron chi connectivity index (χ4n) is 3.03. The van der Waals surface area contributed by atoms with Gasteiger partial charge in [-0.15, -0.1) is 11.3 Å². The van der Waals surface area contributed by atoms with Gasteiger partial charge in [-0.05, 0) is 48.6 Å². The number of carbonyl (C=O) groups excluding carboxylic acids is 1. The Bertz CT molecular complexity index is 1120. The number of thiophene rings is 1.